The summed E-state index contributed by atoms with van der Waals surface area (Å²) in [5.74, 6) is 0. The monoisotopic (exact) mass is 420 g/mol. The quantitative estimate of drug-likeness (QED) is 0.544. The highest BCUT2D eigenvalue weighted by Crippen LogP contribution is 2.25. The molecule has 0 aliphatic heterocycles. The summed E-state index contributed by atoms with van der Waals surface area (Å²) in [5.41, 5.74) is 0.485. The Morgan fingerprint density at radius 1 is 1.50 bits per heavy atom. The lowest BCUT2D eigenvalue weighted by Crippen LogP contribution is -2.01. The molecule has 0 N–H and O–H groups in total. The van der Waals surface area contributed by atoms with Crippen molar-refractivity contribution in [3.63, 3.8) is 0 Å². The van der Waals surface area contributed by atoms with Gasteiger partial charge in [-0.05, 0) is 56.8 Å². The average Bonchev–Trinajstić information content (AvgIpc) is 2.10. The zero-order chi connectivity index (χ0) is 10.7. The lowest BCUT2D eigenvalue weighted by molar-refractivity contribution is 0.144. The summed E-state index contributed by atoms with van der Waals surface area (Å²) in [7, 11) is 0. The Hall–Kier alpha value is -0.0400. The molecular weight excluding hydrogens is 416 g/mol. The molecule has 0 aromatic carbocycles. The molecular formula is C8H4F2I2N2. The predicted molar refractivity (Wildman–Crippen MR) is 63.9 cm³/mol. The summed E-state index contributed by atoms with van der Waals surface area (Å²) in [5, 5.41) is 8.48. The van der Waals surface area contributed by atoms with E-state index in [1.807, 2.05) is 28.7 Å². The molecule has 1 aromatic heterocycles. The van der Waals surface area contributed by atoms with Crippen molar-refractivity contribution < 1.29 is 8.78 Å². The maximum Gasteiger partial charge on any atom is 0.281 e. The third-order valence-corrected chi connectivity index (χ3v) is 3.30. The van der Waals surface area contributed by atoms with E-state index in [-0.39, 0.29) is 12.1 Å². The number of rotatable bonds is 2. The smallest absolute Gasteiger partial charge is 0.239 e. The van der Waals surface area contributed by atoms with Crippen LogP contribution in [-0.4, -0.2) is 4.98 Å². The van der Waals surface area contributed by atoms with Crippen molar-refractivity contribution in [2.24, 2.45) is 0 Å². The highest BCUT2D eigenvalue weighted by atomic mass is 127. The van der Waals surface area contributed by atoms with Crippen molar-refractivity contribution in [1.29, 1.82) is 5.26 Å². The van der Waals surface area contributed by atoms with Gasteiger partial charge in [-0.25, -0.2) is 13.8 Å². The second kappa shape index (κ2) is 5.16. The van der Waals surface area contributed by atoms with Gasteiger partial charge in [0.05, 0.1) is 12.5 Å². The number of halogens is 4. The summed E-state index contributed by atoms with van der Waals surface area (Å²) < 4.78 is 25.7. The van der Waals surface area contributed by atoms with Gasteiger partial charge in [0, 0.05) is 3.57 Å². The minimum Gasteiger partial charge on any atom is -0.239 e. The van der Waals surface area contributed by atoms with Gasteiger partial charge in [0.2, 0.25) is 0 Å². The predicted octanol–water partition coefficient (Wildman–Crippen LogP) is 3.29. The van der Waals surface area contributed by atoms with E-state index >= 15 is 0 Å². The maximum atomic E-state index is 12.4. The van der Waals surface area contributed by atoms with E-state index in [2.05, 4.69) is 4.98 Å². The van der Waals surface area contributed by atoms with Crippen molar-refractivity contribution >= 4 is 45.2 Å². The first-order chi connectivity index (χ1) is 6.56. The van der Waals surface area contributed by atoms with Crippen molar-refractivity contribution in [2.75, 3.05) is 0 Å². The fourth-order valence-corrected chi connectivity index (χ4v) is 2.22. The van der Waals surface area contributed by atoms with E-state index in [1.165, 1.54) is 0 Å². The molecule has 2 nitrogen and oxygen atoms in total. The first kappa shape index (κ1) is 12.0. The highest BCUT2D eigenvalue weighted by molar-refractivity contribution is 14.1. The molecule has 0 aliphatic carbocycles. The van der Waals surface area contributed by atoms with Crippen LogP contribution in [0.3, 0.4) is 0 Å². The van der Waals surface area contributed by atoms with Gasteiger partial charge in [-0.15, -0.1) is 0 Å². The molecule has 1 aromatic rings. The maximum absolute atomic E-state index is 12.4. The minimum absolute atomic E-state index is 0.199. The van der Waals surface area contributed by atoms with Gasteiger partial charge < -0.3 is 0 Å². The standard InChI is InChI=1S/C8H4F2I2N2/c9-7(10)6-5(11)3-4(1-2-13)8(12)14-6/h3,7H,1H2. The molecule has 0 radical (unpaired) electrons. The normalized spacial score (nSPS) is 10.3. The third kappa shape index (κ3) is 2.73. The van der Waals surface area contributed by atoms with Crippen LogP contribution in [0.4, 0.5) is 8.78 Å². The van der Waals surface area contributed by atoms with Crippen molar-refractivity contribution in [1.82, 2.24) is 4.98 Å². The molecule has 0 amide bonds. The van der Waals surface area contributed by atoms with Gasteiger partial charge in [-0.2, -0.15) is 5.26 Å². The molecule has 0 atom stereocenters. The second-order valence-electron chi connectivity index (χ2n) is 2.44. The summed E-state index contributed by atoms with van der Waals surface area (Å²) in [6.07, 6.45) is -2.36. The minimum atomic E-state index is -2.56. The first-order valence-corrected chi connectivity index (χ1v) is 5.72. The third-order valence-electron chi connectivity index (χ3n) is 1.51. The number of hydrogen-bond acceptors (Lipinski definition) is 2. The zero-order valence-electron chi connectivity index (χ0n) is 6.77. The van der Waals surface area contributed by atoms with Crippen LogP contribution in [0.15, 0.2) is 6.07 Å². The summed E-state index contributed by atoms with van der Waals surface area (Å²) in [6, 6.07) is 3.55. The Labute approximate surface area is 107 Å². The first-order valence-electron chi connectivity index (χ1n) is 3.56. The SMILES string of the molecule is N#CCc1cc(I)c(C(F)F)nc1I. The molecule has 0 saturated carbocycles. The van der Waals surface area contributed by atoms with E-state index < -0.39 is 6.43 Å². The Morgan fingerprint density at radius 2 is 2.14 bits per heavy atom. The Morgan fingerprint density at radius 3 is 2.64 bits per heavy atom. The van der Waals surface area contributed by atoms with Crippen molar-refractivity contribution in [2.45, 2.75) is 12.8 Å². The second-order valence-corrected chi connectivity index (χ2v) is 4.62. The summed E-state index contributed by atoms with van der Waals surface area (Å²) in [6.45, 7) is 0. The van der Waals surface area contributed by atoms with Gasteiger partial charge in [-0.1, -0.05) is 0 Å². The van der Waals surface area contributed by atoms with Gasteiger partial charge in [-0.3, -0.25) is 0 Å². The molecule has 0 aliphatic rings. The Kier molecular flexibility index (Phi) is 4.43. The molecule has 0 fully saturated rings. The molecule has 14 heavy (non-hydrogen) atoms. The fourth-order valence-electron chi connectivity index (χ4n) is 0.880. The number of aromatic nitrogens is 1. The molecule has 0 saturated heterocycles. The largest absolute Gasteiger partial charge is 0.281 e. The topological polar surface area (TPSA) is 36.7 Å². The zero-order valence-corrected chi connectivity index (χ0v) is 11.1. The fraction of sp³-hybridized carbons (Fsp3) is 0.250. The molecule has 1 rings (SSSR count). The Balaban J connectivity index is 3.18. The van der Waals surface area contributed by atoms with E-state index in [0.29, 0.717) is 12.8 Å². The Bertz CT molecular complexity index is 388. The lowest BCUT2D eigenvalue weighted by Gasteiger charge is -2.06. The molecule has 1 heterocycles. The van der Waals surface area contributed by atoms with Gasteiger partial charge in [0.1, 0.15) is 9.39 Å². The molecule has 0 unspecified atom stereocenters. The van der Waals surface area contributed by atoms with E-state index in [1.54, 1.807) is 28.7 Å². The number of nitriles is 1. The summed E-state index contributed by atoms with van der Waals surface area (Å²) in [4.78, 5) is 3.77. The van der Waals surface area contributed by atoms with Gasteiger partial charge in [0.25, 0.3) is 6.43 Å². The summed E-state index contributed by atoms with van der Waals surface area (Å²) >= 11 is 3.66. The average molecular weight is 420 g/mol. The van der Waals surface area contributed by atoms with Gasteiger partial charge in [0.15, 0.2) is 0 Å². The van der Waals surface area contributed by atoms with E-state index in [0.717, 1.165) is 0 Å². The van der Waals surface area contributed by atoms with Crippen LogP contribution < -0.4 is 0 Å². The number of pyridine rings is 1. The van der Waals surface area contributed by atoms with Gasteiger partial charge >= 0.3 is 0 Å². The van der Waals surface area contributed by atoms with Crippen LogP contribution in [-0.2, 0) is 6.42 Å². The number of hydrogen-bond donors (Lipinski definition) is 0. The van der Waals surface area contributed by atoms with Crippen molar-refractivity contribution in [3.05, 3.63) is 24.6 Å². The van der Waals surface area contributed by atoms with Crippen LogP contribution in [0.5, 0.6) is 0 Å². The molecule has 6 heteroatoms. The van der Waals surface area contributed by atoms with Crippen LogP contribution in [0.2, 0.25) is 0 Å². The number of alkyl halides is 2. The molecule has 74 valence electrons. The molecule has 0 spiro atoms. The van der Waals surface area contributed by atoms with Crippen LogP contribution in [0, 0.1) is 18.6 Å². The number of nitrogens with zero attached hydrogens (tertiary/aromatic N) is 2. The van der Waals surface area contributed by atoms with E-state index in [9.17, 15) is 8.78 Å². The van der Waals surface area contributed by atoms with Crippen LogP contribution >= 0.6 is 45.2 Å². The highest BCUT2D eigenvalue weighted by Gasteiger charge is 2.16. The van der Waals surface area contributed by atoms with E-state index in [4.69, 9.17) is 5.26 Å². The van der Waals surface area contributed by atoms with Crippen LogP contribution in [0.25, 0.3) is 0 Å². The molecule has 0 bridgehead atoms. The van der Waals surface area contributed by atoms with Crippen LogP contribution in [0.1, 0.15) is 17.7 Å². The lowest BCUT2D eigenvalue weighted by atomic mass is 10.2. The van der Waals surface area contributed by atoms with Crippen molar-refractivity contribution in [3.8, 4) is 6.07 Å².